The summed E-state index contributed by atoms with van der Waals surface area (Å²) in [6.07, 6.45) is 1.74. The van der Waals surface area contributed by atoms with Gasteiger partial charge in [0.25, 0.3) is 0 Å². The Morgan fingerprint density at radius 1 is 1.21 bits per heavy atom. The zero-order valence-corrected chi connectivity index (χ0v) is 12.9. The van der Waals surface area contributed by atoms with Gasteiger partial charge in [-0.15, -0.1) is 11.3 Å². The second-order valence-corrected chi connectivity index (χ2v) is 6.89. The van der Waals surface area contributed by atoms with Crippen LogP contribution in [0.25, 0.3) is 10.9 Å². The summed E-state index contributed by atoms with van der Waals surface area (Å²) in [5, 5.41) is 1.60. The van der Waals surface area contributed by atoms with Crippen LogP contribution in [-0.4, -0.2) is 4.98 Å². The highest BCUT2D eigenvalue weighted by atomic mass is 79.9. The minimum Gasteiger partial charge on any atom is -0.486 e. The van der Waals surface area contributed by atoms with Crippen molar-refractivity contribution in [1.82, 2.24) is 4.98 Å². The first kappa shape index (κ1) is 12.9. The molecule has 0 aliphatic heterocycles. The fraction of sp³-hybridized carbons (Fsp3) is 0.0714. The first-order chi connectivity index (χ1) is 9.24. The maximum atomic E-state index is 6.15. The number of rotatable bonds is 3. The van der Waals surface area contributed by atoms with Crippen molar-refractivity contribution in [3.63, 3.8) is 0 Å². The van der Waals surface area contributed by atoms with E-state index in [-0.39, 0.29) is 0 Å². The molecule has 2 heterocycles. The standard InChI is InChI=1S/C14H9BrClNOS/c15-13-6-3-9(19-13)8-18-12-5-4-11(16)10-2-1-7-17-14(10)12/h1-7H,8H2. The van der Waals surface area contributed by atoms with Gasteiger partial charge in [-0.3, -0.25) is 4.98 Å². The zero-order valence-electron chi connectivity index (χ0n) is 9.77. The lowest BCUT2D eigenvalue weighted by Gasteiger charge is -2.08. The van der Waals surface area contributed by atoms with E-state index in [1.807, 2.05) is 36.4 Å². The van der Waals surface area contributed by atoms with Crippen LogP contribution >= 0.6 is 38.9 Å². The van der Waals surface area contributed by atoms with Crippen molar-refractivity contribution in [2.45, 2.75) is 6.61 Å². The van der Waals surface area contributed by atoms with Crippen molar-refractivity contribution < 1.29 is 4.74 Å². The molecule has 0 fully saturated rings. The molecule has 0 saturated carbocycles. The van der Waals surface area contributed by atoms with Gasteiger partial charge in [0.2, 0.25) is 0 Å². The predicted octanol–water partition coefficient (Wildman–Crippen LogP) is 5.29. The van der Waals surface area contributed by atoms with E-state index in [1.54, 1.807) is 17.5 Å². The molecule has 0 aliphatic rings. The van der Waals surface area contributed by atoms with Crippen LogP contribution in [0.15, 0.2) is 46.4 Å². The number of hydrogen-bond donors (Lipinski definition) is 0. The molecular formula is C14H9BrClNOS. The molecule has 0 atom stereocenters. The average molecular weight is 355 g/mol. The van der Waals surface area contributed by atoms with Crippen LogP contribution in [-0.2, 0) is 6.61 Å². The summed E-state index contributed by atoms with van der Waals surface area (Å²) >= 11 is 11.3. The van der Waals surface area contributed by atoms with Crippen LogP contribution in [0.2, 0.25) is 5.02 Å². The van der Waals surface area contributed by atoms with Crippen molar-refractivity contribution in [2.75, 3.05) is 0 Å². The van der Waals surface area contributed by atoms with Crippen LogP contribution in [0.3, 0.4) is 0 Å². The monoisotopic (exact) mass is 353 g/mol. The molecule has 0 N–H and O–H groups in total. The minimum atomic E-state index is 0.531. The molecule has 0 spiro atoms. The van der Waals surface area contributed by atoms with Crippen LogP contribution < -0.4 is 4.74 Å². The number of ether oxygens (including phenoxy) is 1. The molecular weight excluding hydrogens is 346 g/mol. The van der Waals surface area contributed by atoms with Gasteiger partial charge in [-0.2, -0.15) is 0 Å². The molecule has 0 unspecified atom stereocenters. The van der Waals surface area contributed by atoms with Crippen LogP contribution in [0, 0.1) is 0 Å². The number of benzene rings is 1. The highest BCUT2D eigenvalue weighted by Crippen LogP contribution is 2.31. The molecule has 2 nitrogen and oxygen atoms in total. The van der Waals surface area contributed by atoms with Gasteiger partial charge in [0.05, 0.1) is 8.81 Å². The van der Waals surface area contributed by atoms with Gasteiger partial charge >= 0.3 is 0 Å². The molecule has 0 saturated heterocycles. The summed E-state index contributed by atoms with van der Waals surface area (Å²) in [7, 11) is 0. The number of hydrogen-bond acceptors (Lipinski definition) is 3. The van der Waals surface area contributed by atoms with Gasteiger partial charge in [0.1, 0.15) is 17.9 Å². The Balaban J connectivity index is 1.91. The van der Waals surface area contributed by atoms with Gasteiger partial charge < -0.3 is 4.74 Å². The van der Waals surface area contributed by atoms with Gasteiger partial charge in [0, 0.05) is 16.5 Å². The molecule has 5 heteroatoms. The van der Waals surface area contributed by atoms with Gasteiger partial charge in [-0.25, -0.2) is 0 Å². The Bertz CT molecular complexity index is 728. The highest BCUT2D eigenvalue weighted by molar-refractivity contribution is 9.11. The summed E-state index contributed by atoms with van der Waals surface area (Å²) < 4.78 is 6.94. The molecule has 2 aromatic heterocycles. The van der Waals surface area contributed by atoms with E-state index >= 15 is 0 Å². The van der Waals surface area contributed by atoms with E-state index < -0.39 is 0 Å². The van der Waals surface area contributed by atoms with Crippen LogP contribution in [0.5, 0.6) is 5.75 Å². The van der Waals surface area contributed by atoms with E-state index in [2.05, 4.69) is 20.9 Å². The zero-order chi connectivity index (χ0) is 13.2. The Morgan fingerprint density at radius 2 is 2.11 bits per heavy atom. The lowest BCUT2D eigenvalue weighted by atomic mass is 10.2. The van der Waals surface area contributed by atoms with E-state index in [9.17, 15) is 0 Å². The number of halogens is 2. The summed E-state index contributed by atoms with van der Waals surface area (Å²) in [5.41, 5.74) is 0.797. The van der Waals surface area contributed by atoms with Gasteiger partial charge in [-0.1, -0.05) is 11.6 Å². The Labute approximate surface area is 128 Å². The van der Waals surface area contributed by atoms with Crippen LogP contribution in [0.4, 0.5) is 0 Å². The molecule has 1 aromatic carbocycles. The minimum absolute atomic E-state index is 0.531. The average Bonchev–Trinajstić information content (AvgIpc) is 2.84. The highest BCUT2D eigenvalue weighted by Gasteiger charge is 2.07. The lowest BCUT2D eigenvalue weighted by Crippen LogP contribution is -1.94. The summed E-state index contributed by atoms with van der Waals surface area (Å²) in [5.74, 6) is 0.754. The smallest absolute Gasteiger partial charge is 0.146 e. The van der Waals surface area contributed by atoms with Crippen molar-refractivity contribution in [2.24, 2.45) is 0 Å². The third-order valence-electron chi connectivity index (χ3n) is 2.68. The second kappa shape index (κ2) is 5.49. The molecule has 0 bridgehead atoms. The molecule has 3 rings (SSSR count). The van der Waals surface area contributed by atoms with Crippen molar-refractivity contribution in [3.05, 3.63) is 56.3 Å². The Kier molecular flexibility index (Phi) is 3.73. The first-order valence-corrected chi connectivity index (χ1v) is 7.63. The number of thiophene rings is 1. The summed E-state index contributed by atoms with van der Waals surface area (Å²) in [4.78, 5) is 5.50. The number of aromatic nitrogens is 1. The fourth-order valence-electron chi connectivity index (χ4n) is 1.81. The van der Waals surface area contributed by atoms with E-state index in [0.717, 1.165) is 25.3 Å². The maximum Gasteiger partial charge on any atom is 0.146 e. The maximum absolute atomic E-state index is 6.15. The summed E-state index contributed by atoms with van der Waals surface area (Å²) in [6.45, 7) is 0.531. The van der Waals surface area contributed by atoms with Crippen molar-refractivity contribution >= 4 is 49.8 Å². The number of pyridine rings is 1. The van der Waals surface area contributed by atoms with Crippen LogP contribution in [0.1, 0.15) is 4.88 Å². The molecule has 0 aliphatic carbocycles. The first-order valence-electron chi connectivity index (χ1n) is 5.64. The second-order valence-electron chi connectivity index (χ2n) is 3.94. The lowest BCUT2D eigenvalue weighted by molar-refractivity contribution is 0.313. The molecule has 3 aromatic rings. The third kappa shape index (κ3) is 2.76. The van der Waals surface area contributed by atoms with Crippen molar-refractivity contribution in [3.8, 4) is 5.75 Å². The van der Waals surface area contributed by atoms with E-state index in [1.165, 1.54) is 0 Å². The molecule has 0 amide bonds. The van der Waals surface area contributed by atoms with Gasteiger partial charge in [0.15, 0.2) is 0 Å². The van der Waals surface area contributed by atoms with Gasteiger partial charge in [-0.05, 0) is 52.3 Å². The predicted molar refractivity (Wildman–Crippen MR) is 83.1 cm³/mol. The molecule has 19 heavy (non-hydrogen) atoms. The van der Waals surface area contributed by atoms with E-state index in [0.29, 0.717) is 11.6 Å². The SMILES string of the molecule is Clc1ccc(OCc2ccc(Br)s2)c2ncccc12. The quantitative estimate of drug-likeness (QED) is 0.637. The Morgan fingerprint density at radius 3 is 2.89 bits per heavy atom. The topological polar surface area (TPSA) is 22.1 Å². The number of fused-ring (bicyclic) bond motifs is 1. The third-order valence-corrected chi connectivity index (χ3v) is 4.60. The molecule has 0 radical (unpaired) electrons. The van der Waals surface area contributed by atoms with Crippen molar-refractivity contribution in [1.29, 1.82) is 0 Å². The summed E-state index contributed by atoms with van der Waals surface area (Å²) in [6, 6.07) is 11.6. The number of nitrogens with zero attached hydrogens (tertiary/aromatic N) is 1. The normalized spacial score (nSPS) is 10.8. The van der Waals surface area contributed by atoms with E-state index in [4.69, 9.17) is 16.3 Å². The molecule has 96 valence electrons. The Hall–Kier alpha value is -1.10. The fourth-order valence-corrected chi connectivity index (χ4v) is 3.42. The largest absolute Gasteiger partial charge is 0.486 e.